The van der Waals surface area contributed by atoms with Crippen molar-refractivity contribution in [3.8, 4) is 11.5 Å². The molecule has 6 nitrogen and oxygen atoms in total. The number of carbonyl (C=O) groups excluding carboxylic acids is 1. The molecule has 0 aliphatic rings. The number of benzene rings is 2. The number of amides is 1. The number of rotatable bonds is 7. The summed E-state index contributed by atoms with van der Waals surface area (Å²) in [5, 5.41) is 2.73. The standard InChI is InChI=1S/C22H21NO5/c1-15-6-8-16(9-7-15)12-23-22(25)20-11-19(24)21(14-28-20)27-13-17-4-3-5-18(10-17)26-2/h3-11,14H,12-13H2,1-2H3,(H,23,25). The minimum absolute atomic E-state index is 0.0397. The maximum absolute atomic E-state index is 12.2. The molecule has 0 saturated heterocycles. The lowest BCUT2D eigenvalue weighted by Gasteiger charge is -2.08. The van der Waals surface area contributed by atoms with Crippen LogP contribution in [-0.2, 0) is 13.2 Å². The first kappa shape index (κ1) is 19.2. The number of methoxy groups -OCH3 is 1. The van der Waals surface area contributed by atoms with E-state index in [4.69, 9.17) is 13.9 Å². The predicted molar refractivity (Wildman–Crippen MR) is 105 cm³/mol. The Bertz CT molecular complexity index is 1010. The maximum Gasteiger partial charge on any atom is 0.287 e. The summed E-state index contributed by atoms with van der Waals surface area (Å²) >= 11 is 0. The predicted octanol–water partition coefficient (Wildman–Crippen LogP) is 3.47. The fraction of sp³-hybridized carbons (Fsp3) is 0.182. The van der Waals surface area contributed by atoms with Crippen molar-refractivity contribution in [2.45, 2.75) is 20.1 Å². The number of hydrogen-bond acceptors (Lipinski definition) is 5. The lowest BCUT2D eigenvalue weighted by molar-refractivity contribution is 0.0919. The Morgan fingerprint density at radius 3 is 2.57 bits per heavy atom. The molecule has 0 saturated carbocycles. The number of aryl methyl sites for hydroxylation is 1. The maximum atomic E-state index is 12.2. The first-order valence-corrected chi connectivity index (χ1v) is 8.77. The van der Waals surface area contributed by atoms with Crippen molar-refractivity contribution in [3.05, 3.63) is 93.5 Å². The Kier molecular flexibility index (Phi) is 6.11. The summed E-state index contributed by atoms with van der Waals surface area (Å²) in [6.45, 7) is 2.52. The molecule has 0 radical (unpaired) electrons. The quantitative estimate of drug-likeness (QED) is 0.680. The summed E-state index contributed by atoms with van der Waals surface area (Å²) in [7, 11) is 1.58. The van der Waals surface area contributed by atoms with Crippen LogP contribution in [0.1, 0.15) is 27.2 Å². The Labute approximate surface area is 162 Å². The second-order valence-corrected chi connectivity index (χ2v) is 6.28. The topological polar surface area (TPSA) is 77.8 Å². The normalized spacial score (nSPS) is 10.4. The summed E-state index contributed by atoms with van der Waals surface area (Å²) in [6.07, 6.45) is 1.16. The van der Waals surface area contributed by atoms with E-state index in [1.54, 1.807) is 7.11 Å². The van der Waals surface area contributed by atoms with Gasteiger partial charge in [-0.05, 0) is 30.2 Å². The van der Waals surface area contributed by atoms with Gasteiger partial charge in [0.2, 0.25) is 11.2 Å². The van der Waals surface area contributed by atoms with Crippen molar-refractivity contribution in [1.82, 2.24) is 5.32 Å². The molecule has 0 aliphatic heterocycles. The zero-order chi connectivity index (χ0) is 19.9. The third-order valence-electron chi connectivity index (χ3n) is 4.12. The van der Waals surface area contributed by atoms with Crippen LogP contribution in [0, 0.1) is 6.92 Å². The average molecular weight is 379 g/mol. The second kappa shape index (κ2) is 8.90. The summed E-state index contributed by atoms with van der Waals surface area (Å²) in [4.78, 5) is 24.4. The molecule has 1 heterocycles. The van der Waals surface area contributed by atoms with Gasteiger partial charge in [0.15, 0.2) is 5.76 Å². The second-order valence-electron chi connectivity index (χ2n) is 6.28. The molecular weight excluding hydrogens is 358 g/mol. The molecule has 3 aromatic rings. The summed E-state index contributed by atoms with van der Waals surface area (Å²) < 4.78 is 15.9. The van der Waals surface area contributed by atoms with E-state index in [2.05, 4.69) is 5.32 Å². The van der Waals surface area contributed by atoms with Crippen LogP contribution in [0.5, 0.6) is 11.5 Å². The van der Waals surface area contributed by atoms with Gasteiger partial charge in [-0.3, -0.25) is 9.59 Å². The molecule has 3 rings (SSSR count). The van der Waals surface area contributed by atoms with Crippen LogP contribution in [0.15, 0.2) is 70.1 Å². The van der Waals surface area contributed by atoms with Gasteiger partial charge in [-0.2, -0.15) is 0 Å². The van der Waals surface area contributed by atoms with E-state index in [0.717, 1.165) is 29.0 Å². The zero-order valence-electron chi connectivity index (χ0n) is 15.7. The molecule has 6 heteroatoms. The van der Waals surface area contributed by atoms with Crippen LogP contribution in [0.25, 0.3) is 0 Å². The van der Waals surface area contributed by atoms with E-state index in [1.165, 1.54) is 0 Å². The molecule has 0 unspecified atom stereocenters. The lowest BCUT2D eigenvalue weighted by Crippen LogP contribution is -2.24. The van der Waals surface area contributed by atoms with Crippen LogP contribution in [-0.4, -0.2) is 13.0 Å². The van der Waals surface area contributed by atoms with E-state index < -0.39 is 11.3 Å². The fourth-order valence-corrected chi connectivity index (χ4v) is 2.52. The third kappa shape index (κ3) is 5.01. The highest BCUT2D eigenvalue weighted by molar-refractivity contribution is 5.91. The summed E-state index contributed by atoms with van der Waals surface area (Å²) in [5.41, 5.74) is 2.53. The number of carbonyl (C=O) groups is 1. The number of nitrogens with one attached hydrogen (secondary N) is 1. The monoisotopic (exact) mass is 379 g/mol. The van der Waals surface area contributed by atoms with Gasteiger partial charge in [-0.1, -0.05) is 42.0 Å². The number of hydrogen-bond donors (Lipinski definition) is 1. The van der Waals surface area contributed by atoms with Crippen molar-refractivity contribution < 1.29 is 18.7 Å². The van der Waals surface area contributed by atoms with Crippen molar-refractivity contribution in [3.63, 3.8) is 0 Å². The molecule has 2 aromatic carbocycles. The highest BCUT2D eigenvalue weighted by atomic mass is 16.5. The SMILES string of the molecule is COc1cccc(COc2coc(C(=O)NCc3ccc(C)cc3)cc2=O)c1. The molecule has 0 aliphatic carbocycles. The van der Waals surface area contributed by atoms with Crippen LogP contribution in [0.4, 0.5) is 0 Å². The zero-order valence-corrected chi connectivity index (χ0v) is 15.7. The Morgan fingerprint density at radius 1 is 1.07 bits per heavy atom. The van der Waals surface area contributed by atoms with E-state index in [-0.39, 0.29) is 18.1 Å². The van der Waals surface area contributed by atoms with Crippen LogP contribution in [0.2, 0.25) is 0 Å². The van der Waals surface area contributed by atoms with Crippen molar-refractivity contribution in [1.29, 1.82) is 0 Å². The van der Waals surface area contributed by atoms with Crippen molar-refractivity contribution >= 4 is 5.91 Å². The van der Waals surface area contributed by atoms with Gasteiger partial charge in [0.1, 0.15) is 18.6 Å². The van der Waals surface area contributed by atoms with Gasteiger partial charge >= 0.3 is 0 Å². The molecule has 0 spiro atoms. The largest absolute Gasteiger partial charge is 0.497 e. The van der Waals surface area contributed by atoms with Crippen molar-refractivity contribution in [2.75, 3.05) is 7.11 Å². The molecule has 0 atom stereocenters. The van der Waals surface area contributed by atoms with E-state index in [1.807, 2.05) is 55.5 Å². The Morgan fingerprint density at radius 2 is 1.86 bits per heavy atom. The summed E-state index contributed by atoms with van der Waals surface area (Å²) in [6, 6.07) is 16.3. The molecule has 28 heavy (non-hydrogen) atoms. The van der Waals surface area contributed by atoms with E-state index >= 15 is 0 Å². The van der Waals surface area contributed by atoms with Gasteiger partial charge in [-0.25, -0.2) is 0 Å². The van der Waals surface area contributed by atoms with Gasteiger partial charge in [0.25, 0.3) is 5.91 Å². The first-order chi connectivity index (χ1) is 13.5. The van der Waals surface area contributed by atoms with Crippen LogP contribution in [0.3, 0.4) is 0 Å². The lowest BCUT2D eigenvalue weighted by atomic mass is 10.1. The highest BCUT2D eigenvalue weighted by Gasteiger charge is 2.12. The Balaban J connectivity index is 1.60. The van der Waals surface area contributed by atoms with Crippen LogP contribution >= 0.6 is 0 Å². The highest BCUT2D eigenvalue weighted by Crippen LogP contribution is 2.15. The van der Waals surface area contributed by atoms with Crippen molar-refractivity contribution in [2.24, 2.45) is 0 Å². The Hall–Kier alpha value is -3.54. The molecule has 1 aromatic heterocycles. The smallest absolute Gasteiger partial charge is 0.287 e. The van der Waals surface area contributed by atoms with Crippen LogP contribution < -0.4 is 20.2 Å². The fourth-order valence-electron chi connectivity index (χ4n) is 2.52. The van der Waals surface area contributed by atoms with Gasteiger partial charge in [-0.15, -0.1) is 0 Å². The third-order valence-corrected chi connectivity index (χ3v) is 4.12. The molecule has 144 valence electrons. The molecule has 1 N–H and O–H groups in total. The molecule has 0 fully saturated rings. The molecular formula is C22H21NO5. The minimum Gasteiger partial charge on any atom is -0.497 e. The first-order valence-electron chi connectivity index (χ1n) is 8.77. The number of ether oxygens (including phenoxy) is 2. The van der Waals surface area contributed by atoms with E-state index in [0.29, 0.717) is 12.3 Å². The van der Waals surface area contributed by atoms with E-state index in [9.17, 15) is 9.59 Å². The molecule has 0 bridgehead atoms. The van der Waals surface area contributed by atoms with Gasteiger partial charge in [0, 0.05) is 12.6 Å². The average Bonchev–Trinajstić information content (AvgIpc) is 2.72. The molecule has 1 amide bonds. The minimum atomic E-state index is -0.461. The van der Waals surface area contributed by atoms with Gasteiger partial charge < -0.3 is 19.2 Å². The summed E-state index contributed by atoms with van der Waals surface area (Å²) in [5.74, 6) is 0.217. The van der Waals surface area contributed by atoms with Gasteiger partial charge in [0.05, 0.1) is 7.11 Å².